The molecule has 1 aromatic rings. The lowest BCUT2D eigenvalue weighted by Gasteiger charge is -2.08. The highest BCUT2D eigenvalue weighted by molar-refractivity contribution is 9.10. The first-order valence-corrected chi connectivity index (χ1v) is 9.02. The molecule has 7 heteroatoms. The van der Waals surface area contributed by atoms with Crippen LogP contribution in [0.25, 0.3) is 0 Å². The second-order valence-corrected chi connectivity index (χ2v) is 8.02. The van der Waals surface area contributed by atoms with Crippen LogP contribution in [0.15, 0.2) is 27.6 Å². The Hall–Kier alpha value is -0.920. The molecule has 0 amide bonds. The van der Waals surface area contributed by atoms with Crippen molar-refractivity contribution >= 4 is 31.7 Å². The van der Waals surface area contributed by atoms with E-state index in [2.05, 4.69) is 29.8 Å². The van der Waals surface area contributed by atoms with Gasteiger partial charge in [-0.3, -0.25) is 0 Å². The van der Waals surface area contributed by atoms with Gasteiger partial charge in [0.25, 0.3) is 0 Å². The normalized spacial score (nSPS) is 11.8. The molecule has 0 fully saturated rings. The lowest BCUT2D eigenvalue weighted by Crippen LogP contribution is -2.14. The summed E-state index contributed by atoms with van der Waals surface area (Å²) in [6.07, 6.45) is 0.876. The van der Waals surface area contributed by atoms with Crippen molar-refractivity contribution in [3.63, 3.8) is 0 Å². The molecule has 0 heterocycles. The molecule has 0 aliphatic carbocycles. The van der Waals surface area contributed by atoms with E-state index in [-0.39, 0.29) is 22.8 Å². The molecule has 0 unspecified atom stereocenters. The predicted molar refractivity (Wildman–Crippen MR) is 83.4 cm³/mol. The summed E-state index contributed by atoms with van der Waals surface area (Å²) in [5.74, 6) is -0.829. The smallest absolute Gasteiger partial charge is 0.336 e. The molecule has 0 aliphatic heterocycles. The lowest BCUT2D eigenvalue weighted by atomic mass is 10.1. The quantitative estimate of drug-likeness (QED) is 0.703. The molecule has 1 N–H and O–H groups in total. The van der Waals surface area contributed by atoms with E-state index in [4.69, 9.17) is 9.84 Å². The Morgan fingerprint density at radius 2 is 2.00 bits per heavy atom. The fourth-order valence-corrected chi connectivity index (χ4v) is 3.13. The second kappa shape index (κ2) is 7.91. The van der Waals surface area contributed by atoms with Gasteiger partial charge >= 0.3 is 5.97 Å². The fourth-order valence-electron chi connectivity index (χ4n) is 1.57. The third-order valence-electron chi connectivity index (χ3n) is 2.86. The number of hydrogen-bond acceptors (Lipinski definition) is 4. The number of benzene rings is 1. The van der Waals surface area contributed by atoms with Crippen LogP contribution in [0, 0.1) is 5.92 Å². The first kappa shape index (κ1) is 18.1. The van der Waals surface area contributed by atoms with Crippen LogP contribution in [0.5, 0.6) is 0 Å². The summed E-state index contributed by atoms with van der Waals surface area (Å²) in [6, 6.07) is 3.98. The Labute approximate surface area is 133 Å². The molecule has 0 bridgehead atoms. The van der Waals surface area contributed by atoms with Gasteiger partial charge in [0.15, 0.2) is 9.84 Å². The highest BCUT2D eigenvalue weighted by Crippen LogP contribution is 2.21. The van der Waals surface area contributed by atoms with E-state index in [1.165, 1.54) is 12.1 Å². The molecule has 0 aliphatic rings. The van der Waals surface area contributed by atoms with Gasteiger partial charge in [0.2, 0.25) is 0 Å². The Morgan fingerprint density at radius 3 is 2.57 bits per heavy atom. The second-order valence-electron chi connectivity index (χ2n) is 5.06. The molecule has 5 nitrogen and oxygen atoms in total. The van der Waals surface area contributed by atoms with Crippen molar-refractivity contribution in [1.82, 2.24) is 0 Å². The van der Waals surface area contributed by atoms with Crippen molar-refractivity contribution in [2.24, 2.45) is 5.92 Å². The molecule has 1 aromatic carbocycles. The number of carboxylic acid groups (broad SMARTS) is 1. The summed E-state index contributed by atoms with van der Waals surface area (Å²) in [7, 11) is -3.54. The maximum absolute atomic E-state index is 12.1. The maximum Gasteiger partial charge on any atom is 0.336 e. The van der Waals surface area contributed by atoms with Crippen LogP contribution >= 0.6 is 15.9 Å². The van der Waals surface area contributed by atoms with Gasteiger partial charge in [-0.15, -0.1) is 0 Å². The van der Waals surface area contributed by atoms with Crippen LogP contribution in [0.2, 0.25) is 0 Å². The van der Waals surface area contributed by atoms with E-state index in [0.29, 0.717) is 17.0 Å². The summed E-state index contributed by atoms with van der Waals surface area (Å²) in [4.78, 5) is 11.0. The SMILES string of the molecule is CC(C)CCOCCS(=O)(=O)c1ccc(Br)c(C(=O)O)c1. The Kier molecular flexibility index (Phi) is 6.83. The minimum Gasteiger partial charge on any atom is -0.478 e. The average Bonchev–Trinajstić information content (AvgIpc) is 2.37. The van der Waals surface area contributed by atoms with Gasteiger partial charge < -0.3 is 9.84 Å². The van der Waals surface area contributed by atoms with Gasteiger partial charge in [-0.05, 0) is 46.5 Å². The molecule has 0 aromatic heterocycles. The zero-order valence-corrected chi connectivity index (χ0v) is 14.4. The van der Waals surface area contributed by atoms with Gasteiger partial charge in [0, 0.05) is 11.1 Å². The van der Waals surface area contributed by atoms with Crippen molar-refractivity contribution < 1.29 is 23.1 Å². The number of halogens is 1. The Morgan fingerprint density at radius 1 is 1.33 bits per heavy atom. The molecule has 1 rings (SSSR count). The molecule has 118 valence electrons. The van der Waals surface area contributed by atoms with Crippen LogP contribution in [0.1, 0.15) is 30.6 Å². The third kappa shape index (κ3) is 5.76. The van der Waals surface area contributed by atoms with Gasteiger partial charge in [-0.2, -0.15) is 0 Å². The topological polar surface area (TPSA) is 80.7 Å². The summed E-state index contributed by atoms with van der Waals surface area (Å²) >= 11 is 3.08. The Balaban J connectivity index is 2.70. The first-order chi connectivity index (χ1) is 9.74. The standard InChI is InChI=1S/C14H19BrO5S/c1-10(2)5-6-20-7-8-21(18,19)11-3-4-13(15)12(9-11)14(16)17/h3-4,9-10H,5-8H2,1-2H3,(H,16,17). The number of hydrogen-bond donors (Lipinski definition) is 1. The summed E-state index contributed by atoms with van der Waals surface area (Å²) in [5, 5.41) is 9.00. The van der Waals surface area contributed by atoms with Gasteiger partial charge in [0.1, 0.15) is 0 Å². The van der Waals surface area contributed by atoms with E-state index >= 15 is 0 Å². The molecular weight excluding hydrogens is 360 g/mol. The molecular formula is C14H19BrO5S. The van der Waals surface area contributed by atoms with Crippen molar-refractivity contribution in [1.29, 1.82) is 0 Å². The predicted octanol–water partition coefficient (Wildman–Crippen LogP) is 2.98. The monoisotopic (exact) mass is 378 g/mol. The van der Waals surface area contributed by atoms with Crippen molar-refractivity contribution in [2.45, 2.75) is 25.2 Å². The summed E-state index contributed by atoms with van der Waals surface area (Å²) in [5.41, 5.74) is -0.0724. The van der Waals surface area contributed by atoms with Gasteiger partial charge in [0.05, 0.1) is 22.8 Å². The summed E-state index contributed by atoms with van der Waals surface area (Å²) < 4.78 is 29.9. The highest BCUT2D eigenvalue weighted by Gasteiger charge is 2.18. The van der Waals surface area contributed by atoms with Crippen LogP contribution in [0.3, 0.4) is 0 Å². The van der Waals surface area contributed by atoms with E-state index in [1.54, 1.807) is 0 Å². The number of ether oxygens (including phenoxy) is 1. The molecule has 0 spiro atoms. The van der Waals surface area contributed by atoms with Crippen molar-refractivity contribution in [3.8, 4) is 0 Å². The van der Waals surface area contributed by atoms with Crippen LogP contribution in [-0.2, 0) is 14.6 Å². The van der Waals surface area contributed by atoms with Crippen molar-refractivity contribution in [2.75, 3.05) is 19.0 Å². The Bertz CT molecular complexity index is 595. The minimum absolute atomic E-state index is 0.00411. The lowest BCUT2D eigenvalue weighted by molar-refractivity contribution is 0.0695. The molecule has 21 heavy (non-hydrogen) atoms. The highest BCUT2D eigenvalue weighted by atomic mass is 79.9. The molecule has 0 saturated carbocycles. The van der Waals surface area contributed by atoms with Gasteiger partial charge in [-0.25, -0.2) is 13.2 Å². The number of sulfone groups is 1. The van der Waals surface area contributed by atoms with Gasteiger partial charge in [-0.1, -0.05) is 13.8 Å². The summed E-state index contributed by atoms with van der Waals surface area (Å²) in [6.45, 7) is 4.76. The molecule has 0 saturated heterocycles. The largest absolute Gasteiger partial charge is 0.478 e. The first-order valence-electron chi connectivity index (χ1n) is 6.57. The van der Waals surface area contributed by atoms with E-state index in [9.17, 15) is 13.2 Å². The fraction of sp³-hybridized carbons (Fsp3) is 0.500. The zero-order chi connectivity index (χ0) is 16.0. The molecule has 0 atom stereocenters. The van der Waals surface area contributed by atoms with Crippen LogP contribution in [-0.4, -0.2) is 38.5 Å². The van der Waals surface area contributed by atoms with E-state index < -0.39 is 15.8 Å². The zero-order valence-electron chi connectivity index (χ0n) is 12.0. The van der Waals surface area contributed by atoms with Crippen LogP contribution in [0.4, 0.5) is 0 Å². The maximum atomic E-state index is 12.1. The number of carbonyl (C=O) groups is 1. The number of carboxylic acids is 1. The number of aromatic carboxylic acids is 1. The third-order valence-corrected chi connectivity index (χ3v) is 5.23. The number of rotatable bonds is 8. The molecule has 0 radical (unpaired) electrons. The van der Waals surface area contributed by atoms with E-state index in [0.717, 1.165) is 12.5 Å². The van der Waals surface area contributed by atoms with Crippen molar-refractivity contribution in [3.05, 3.63) is 28.2 Å². The minimum atomic E-state index is -3.54. The average molecular weight is 379 g/mol. The van der Waals surface area contributed by atoms with Crippen LogP contribution < -0.4 is 0 Å². The van der Waals surface area contributed by atoms with E-state index in [1.807, 2.05) is 0 Å².